The van der Waals surface area contributed by atoms with E-state index in [4.69, 9.17) is 4.42 Å². The van der Waals surface area contributed by atoms with Crippen LogP contribution < -0.4 is 0 Å². The molecule has 3 aromatic rings. The summed E-state index contributed by atoms with van der Waals surface area (Å²) >= 11 is 0. The normalized spacial score (nSPS) is 11.5. The molecule has 1 aromatic carbocycles. The molecule has 0 aliphatic rings. The molecule has 2 aromatic heterocycles. The number of nitrogens with one attached hydrogen (secondary N) is 1. The Morgan fingerprint density at radius 1 is 1.31 bits per heavy atom. The number of aryl methyl sites for hydroxylation is 2. The van der Waals surface area contributed by atoms with E-state index in [1.54, 1.807) is 11.0 Å². The molecule has 0 aliphatic heterocycles. The van der Waals surface area contributed by atoms with Crippen molar-refractivity contribution in [3.8, 4) is 0 Å². The van der Waals surface area contributed by atoms with Crippen molar-refractivity contribution < 1.29 is 13.6 Å². The highest BCUT2D eigenvalue weighted by molar-refractivity contribution is 5.90. The van der Waals surface area contributed by atoms with E-state index in [1.165, 1.54) is 6.07 Å². The van der Waals surface area contributed by atoms with Gasteiger partial charge in [0.1, 0.15) is 5.82 Å². The van der Waals surface area contributed by atoms with Gasteiger partial charge in [-0.05, 0) is 32.4 Å². The molecule has 6 nitrogen and oxygen atoms in total. The minimum Gasteiger partial charge on any atom is -0.423 e. The second-order valence-electron chi connectivity index (χ2n) is 6.63. The van der Waals surface area contributed by atoms with Crippen molar-refractivity contribution >= 4 is 16.8 Å². The standard InChI is InChI=1S/C19H23FN4O2/c1-5-16-22-23-17(26-16)10-24(11(2)3)18(25)9-14-12(4)21-19-13(14)7-6-8-15(19)20/h6-8,11,21H,5,9-10H2,1-4H3. The minimum absolute atomic E-state index is 0.0262. The van der Waals surface area contributed by atoms with Crippen LogP contribution in [0.15, 0.2) is 22.6 Å². The van der Waals surface area contributed by atoms with Crippen LogP contribution in [0.25, 0.3) is 10.9 Å². The molecule has 0 atom stereocenters. The molecule has 0 saturated heterocycles. The summed E-state index contributed by atoms with van der Waals surface area (Å²) in [6, 6.07) is 4.87. The highest BCUT2D eigenvalue weighted by atomic mass is 19.1. The van der Waals surface area contributed by atoms with Crippen LogP contribution in [0.4, 0.5) is 4.39 Å². The molecule has 0 radical (unpaired) electrons. The van der Waals surface area contributed by atoms with Gasteiger partial charge >= 0.3 is 0 Å². The number of halogens is 1. The van der Waals surface area contributed by atoms with Crippen LogP contribution in [-0.2, 0) is 24.2 Å². The summed E-state index contributed by atoms with van der Waals surface area (Å²) in [7, 11) is 0. The predicted octanol–water partition coefficient (Wildman–Crippen LogP) is 3.54. The molecule has 0 spiro atoms. The summed E-state index contributed by atoms with van der Waals surface area (Å²) in [4.78, 5) is 17.7. The van der Waals surface area contributed by atoms with E-state index in [-0.39, 0.29) is 30.7 Å². The number of carbonyl (C=O) groups is 1. The Balaban J connectivity index is 1.84. The van der Waals surface area contributed by atoms with Crippen LogP contribution in [-0.4, -0.2) is 32.0 Å². The zero-order chi connectivity index (χ0) is 18.8. The third-order valence-corrected chi connectivity index (χ3v) is 4.49. The SMILES string of the molecule is CCc1nnc(CN(C(=O)Cc2c(C)[nH]c3c(F)cccc23)C(C)C)o1. The van der Waals surface area contributed by atoms with Crippen molar-refractivity contribution in [2.75, 3.05) is 0 Å². The minimum atomic E-state index is -0.317. The van der Waals surface area contributed by atoms with Crippen LogP contribution >= 0.6 is 0 Å². The first kappa shape index (κ1) is 18.1. The number of amides is 1. The zero-order valence-corrected chi connectivity index (χ0v) is 15.5. The van der Waals surface area contributed by atoms with Gasteiger partial charge in [0.05, 0.1) is 18.5 Å². The summed E-state index contributed by atoms with van der Waals surface area (Å²) in [5, 5.41) is 8.69. The third kappa shape index (κ3) is 3.47. The number of para-hydroxylation sites is 1. The van der Waals surface area contributed by atoms with Crippen LogP contribution in [0.1, 0.15) is 43.8 Å². The van der Waals surface area contributed by atoms with E-state index in [2.05, 4.69) is 15.2 Å². The smallest absolute Gasteiger partial charge is 0.235 e. The van der Waals surface area contributed by atoms with Crippen molar-refractivity contribution in [3.63, 3.8) is 0 Å². The van der Waals surface area contributed by atoms with Gasteiger partial charge in [0, 0.05) is 23.5 Å². The number of carbonyl (C=O) groups excluding carboxylic acids is 1. The summed E-state index contributed by atoms with van der Waals surface area (Å²) < 4.78 is 19.5. The van der Waals surface area contributed by atoms with Crippen molar-refractivity contribution in [2.24, 2.45) is 0 Å². The van der Waals surface area contributed by atoms with Gasteiger partial charge in [0.2, 0.25) is 17.7 Å². The van der Waals surface area contributed by atoms with Gasteiger partial charge in [-0.1, -0.05) is 19.1 Å². The molecule has 0 saturated carbocycles. The summed E-state index contributed by atoms with van der Waals surface area (Å²) in [6.07, 6.45) is 0.838. The highest BCUT2D eigenvalue weighted by Gasteiger charge is 2.23. The van der Waals surface area contributed by atoms with Gasteiger partial charge in [-0.2, -0.15) is 0 Å². The van der Waals surface area contributed by atoms with Crippen molar-refractivity contribution in [1.82, 2.24) is 20.1 Å². The fraction of sp³-hybridized carbons (Fsp3) is 0.421. The van der Waals surface area contributed by atoms with E-state index in [0.29, 0.717) is 23.7 Å². The molecular formula is C19H23FN4O2. The molecule has 138 valence electrons. The lowest BCUT2D eigenvalue weighted by atomic mass is 10.1. The van der Waals surface area contributed by atoms with Gasteiger partial charge in [0.25, 0.3) is 0 Å². The Bertz CT molecular complexity index is 929. The van der Waals surface area contributed by atoms with E-state index in [9.17, 15) is 9.18 Å². The fourth-order valence-electron chi connectivity index (χ4n) is 3.05. The lowest BCUT2D eigenvalue weighted by Crippen LogP contribution is -2.37. The van der Waals surface area contributed by atoms with Crippen LogP contribution in [0.3, 0.4) is 0 Å². The summed E-state index contributed by atoms with van der Waals surface area (Å²) in [6.45, 7) is 7.93. The van der Waals surface area contributed by atoms with Crippen molar-refractivity contribution in [2.45, 2.75) is 53.1 Å². The van der Waals surface area contributed by atoms with E-state index in [0.717, 1.165) is 16.6 Å². The van der Waals surface area contributed by atoms with Gasteiger partial charge in [-0.3, -0.25) is 4.79 Å². The Labute approximate surface area is 151 Å². The van der Waals surface area contributed by atoms with Gasteiger partial charge < -0.3 is 14.3 Å². The Hall–Kier alpha value is -2.70. The number of nitrogens with zero attached hydrogens (tertiary/aromatic N) is 3. The second-order valence-corrected chi connectivity index (χ2v) is 6.63. The summed E-state index contributed by atoms with van der Waals surface area (Å²) in [5.41, 5.74) is 2.05. The number of aromatic nitrogens is 3. The molecule has 0 fully saturated rings. The van der Waals surface area contributed by atoms with Crippen LogP contribution in [0, 0.1) is 12.7 Å². The average molecular weight is 358 g/mol. The van der Waals surface area contributed by atoms with Gasteiger partial charge in [0.15, 0.2) is 0 Å². The molecule has 1 amide bonds. The quantitative estimate of drug-likeness (QED) is 0.731. The number of aromatic amines is 1. The number of H-pyrrole nitrogens is 1. The second kappa shape index (κ2) is 7.27. The Morgan fingerprint density at radius 3 is 2.69 bits per heavy atom. The maximum Gasteiger partial charge on any atom is 0.235 e. The lowest BCUT2D eigenvalue weighted by Gasteiger charge is -2.25. The zero-order valence-electron chi connectivity index (χ0n) is 15.5. The van der Waals surface area contributed by atoms with Gasteiger partial charge in [-0.25, -0.2) is 4.39 Å². The van der Waals surface area contributed by atoms with E-state index in [1.807, 2.05) is 33.8 Å². The monoisotopic (exact) mass is 358 g/mol. The Kier molecular flexibility index (Phi) is 5.06. The fourth-order valence-corrected chi connectivity index (χ4v) is 3.05. The molecule has 3 rings (SSSR count). The highest BCUT2D eigenvalue weighted by Crippen LogP contribution is 2.25. The topological polar surface area (TPSA) is 75.0 Å². The average Bonchev–Trinajstić information content (AvgIpc) is 3.18. The largest absolute Gasteiger partial charge is 0.423 e. The first-order valence-corrected chi connectivity index (χ1v) is 8.77. The first-order chi connectivity index (χ1) is 12.4. The number of rotatable bonds is 6. The molecule has 0 bridgehead atoms. The van der Waals surface area contributed by atoms with Crippen LogP contribution in [0.5, 0.6) is 0 Å². The van der Waals surface area contributed by atoms with E-state index >= 15 is 0 Å². The number of fused-ring (bicyclic) bond motifs is 1. The maximum absolute atomic E-state index is 14.0. The molecule has 0 aliphatic carbocycles. The third-order valence-electron chi connectivity index (χ3n) is 4.49. The molecule has 26 heavy (non-hydrogen) atoms. The molecule has 7 heteroatoms. The molecule has 2 heterocycles. The number of hydrogen-bond donors (Lipinski definition) is 1. The van der Waals surface area contributed by atoms with Crippen molar-refractivity contribution in [3.05, 3.63) is 47.1 Å². The first-order valence-electron chi connectivity index (χ1n) is 8.77. The van der Waals surface area contributed by atoms with Crippen molar-refractivity contribution in [1.29, 1.82) is 0 Å². The maximum atomic E-state index is 14.0. The molecular weight excluding hydrogens is 335 g/mol. The molecule has 0 unspecified atom stereocenters. The predicted molar refractivity (Wildman–Crippen MR) is 96.1 cm³/mol. The van der Waals surface area contributed by atoms with E-state index < -0.39 is 0 Å². The van der Waals surface area contributed by atoms with Gasteiger partial charge in [-0.15, -0.1) is 10.2 Å². The lowest BCUT2D eigenvalue weighted by molar-refractivity contribution is -0.133. The Morgan fingerprint density at radius 2 is 2.04 bits per heavy atom. The number of benzene rings is 1. The molecule has 1 N–H and O–H groups in total. The number of hydrogen-bond acceptors (Lipinski definition) is 4. The summed E-state index contributed by atoms with van der Waals surface area (Å²) in [5.74, 6) is 0.595. The van der Waals surface area contributed by atoms with Crippen LogP contribution in [0.2, 0.25) is 0 Å².